The van der Waals surface area contributed by atoms with Gasteiger partial charge >= 0.3 is 0 Å². The highest BCUT2D eigenvalue weighted by atomic mass is 16.4. The third-order valence-electron chi connectivity index (χ3n) is 4.65. The zero-order chi connectivity index (χ0) is 20.1. The molecular formula is C24H20N2O3. The summed E-state index contributed by atoms with van der Waals surface area (Å²) in [4.78, 5) is 24.7. The van der Waals surface area contributed by atoms with Crippen molar-refractivity contribution in [2.45, 2.75) is 12.6 Å². The van der Waals surface area contributed by atoms with Crippen LogP contribution in [0.1, 0.15) is 33.5 Å². The van der Waals surface area contributed by atoms with Crippen molar-refractivity contribution >= 4 is 5.91 Å². The number of nitrogens with zero attached hydrogens (tertiary/aromatic N) is 1. The van der Waals surface area contributed by atoms with E-state index in [1.807, 2.05) is 60.7 Å². The van der Waals surface area contributed by atoms with Crippen molar-refractivity contribution in [3.8, 4) is 0 Å². The van der Waals surface area contributed by atoms with Crippen molar-refractivity contribution in [1.29, 1.82) is 0 Å². The predicted molar refractivity (Wildman–Crippen MR) is 111 cm³/mol. The summed E-state index contributed by atoms with van der Waals surface area (Å²) in [5, 5.41) is 3.05. The van der Waals surface area contributed by atoms with Gasteiger partial charge in [0, 0.05) is 12.3 Å². The summed E-state index contributed by atoms with van der Waals surface area (Å²) >= 11 is 0. The minimum Gasteiger partial charge on any atom is -0.454 e. The van der Waals surface area contributed by atoms with Crippen LogP contribution in [0, 0.1) is 0 Å². The summed E-state index contributed by atoms with van der Waals surface area (Å²) in [6, 6.07) is 27.6. The Morgan fingerprint density at radius 2 is 1.45 bits per heavy atom. The Labute approximate surface area is 168 Å². The summed E-state index contributed by atoms with van der Waals surface area (Å²) in [7, 11) is 0. The van der Waals surface area contributed by atoms with Crippen LogP contribution in [0.4, 0.5) is 0 Å². The Balaban J connectivity index is 1.55. The second-order valence-electron chi connectivity index (χ2n) is 6.66. The molecule has 29 heavy (non-hydrogen) atoms. The number of carbonyl (C=O) groups excluding carboxylic acids is 1. The molecule has 4 rings (SSSR count). The lowest BCUT2D eigenvalue weighted by Crippen LogP contribution is -2.29. The molecule has 2 aromatic carbocycles. The average molecular weight is 384 g/mol. The number of rotatable bonds is 6. The van der Waals surface area contributed by atoms with Gasteiger partial charge in [0.15, 0.2) is 5.76 Å². The summed E-state index contributed by atoms with van der Waals surface area (Å²) in [6.45, 7) is 0.272. The smallest absolute Gasteiger partial charge is 0.287 e. The molecule has 0 unspecified atom stereocenters. The summed E-state index contributed by atoms with van der Waals surface area (Å²) in [5.74, 6) is 0.439. The second kappa shape index (κ2) is 8.44. The Morgan fingerprint density at radius 1 is 0.828 bits per heavy atom. The maximum Gasteiger partial charge on any atom is 0.287 e. The van der Waals surface area contributed by atoms with E-state index in [1.165, 1.54) is 10.6 Å². The van der Waals surface area contributed by atoms with E-state index in [1.54, 1.807) is 30.5 Å². The number of hydrogen-bond donors (Lipinski definition) is 1. The number of hydrogen-bond acceptors (Lipinski definition) is 3. The van der Waals surface area contributed by atoms with Crippen LogP contribution in [-0.4, -0.2) is 10.5 Å². The fourth-order valence-electron chi connectivity index (χ4n) is 3.20. The molecule has 0 atom stereocenters. The van der Waals surface area contributed by atoms with Crippen molar-refractivity contribution in [2.75, 3.05) is 0 Å². The molecule has 144 valence electrons. The van der Waals surface area contributed by atoms with Crippen LogP contribution in [-0.2, 0) is 6.54 Å². The van der Waals surface area contributed by atoms with E-state index in [4.69, 9.17) is 4.42 Å². The second-order valence-corrected chi connectivity index (χ2v) is 6.66. The molecule has 0 aliphatic heterocycles. The van der Waals surface area contributed by atoms with Crippen LogP contribution < -0.4 is 10.9 Å². The Hall–Kier alpha value is -3.86. The van der Waals surface area contributed by atoms with Gasteiger partial charge in [-0.05, 0) is 29.3 Å². The fraction of sp³-hybridized carbons (Fsp3) is 0.0833. The third-order valence-corrected chi connectivity index (χ3v) is 4.65. The zero-order valence-corrected chi connectivity index (χ0v) is 15.7. The van der Waals surface area contributed by atoms with Crippen molar-refractivity contribution in [2.24, 2.45) is 0 Å². The number of amides is 1. The van der Waals surface area contributed by atoms with E-state index in [2.05, 4.69) is 5.32 Å². The van der Waals surface area contributed by atoms with E-state index in [-0.39, 0.29) is 29.8 Å². The van der Waals surface area contributed by atoms with Gasteiger partial charge in [-0.2, -0.15) is 0 Å². The van der Waals surface area contributed by atoms with Gasteiger partial charge in [0.05, 0.1) is 12.6 Å². The van der Waals surface area contributed by atoms with Gasteiger partial charge < -0.3 is 14.3 Å². The predicted octanol–water partition coefficient (Wildman–Crippen LogP) is 4.01. The first kappa shape index (κ1) is 18.5. The lowest BCUT2D eigenvalue weighted by molar-refractivity contribution is 0.0913. The minimum absolute atomic E-state index is 0.122. The van der Waals surface area contributed by atoms with Crippen molar-refractivity contribution < 1.29 is 9.21 Å². The van der Waals surface area contributed by atoms with Crippen LogP contribution in [0.3, 0.4) is 0 Å². The summed E-state index contributed by atoms with van der Waals surface area (Å²) in [6.07, 6.45) is 1.69. The van der Waals surface area contributed by atoms with Gasteiger partial charge in [-0.1, -0.05) is 66.7 Å². The van der Waals surface area contributed by atoms with Crippen LogP contribution in [0.15, 0.2) is 106 Å². The summed E-state index contributed by atoms with van der Waals surface area (Å²) < 4.78 is 7.23. The highest BCUT2D eigenvalue weighted by Gasteiger charge is 2.19. The number of carbonyl (C=O) groups is 1. The average Bonchev–Trinajstić information content (AvgIpc) is 3.23. The monoisotopic (exact) mass is 384 g/mol. The third kappa shape index (κ3) is 4.35. The minimum atomic E-state index is -0.311. The molecular weight excluding hydrogens is 364 g/mol. The van der Waals surface area contributed by atoms with Crippen molar-refractivity contribution in [3.05, 3.63) is 130 Å². The molecule has 0 spiro atoms. The first-order valence-electron chi connectivity index (χ1n) is 9.35. The van der Waals surface area contributed by atoms with Crippen molar-refractivity contribution in [3.63, 3.8) is 0 Å². The lowest BCUT2D eigenvalue weighted by Gasteiger charge is -2.19. The number of pyridine rings is 1. The SMILES string of the molecule is O=C(NC(c1ccccc1)c1ccccc1)c1ccc(Cn2ccccc2=O)o1. The van der Waals surface area contributed by atoms with Gasteiger partial charge in [0.25, 0.3) is 11.5 Å². The van der Waals surface area contributed by atoms with E-state index in [0.717, 1.165) is 11.1 Å². The number of furan rings is 1. The molecule has 5 heteroatoms. The molecule has 0 saturated carbocycles. The highest BCUT2D eigenvalue weighted by molar-refractivity contribution is 5.92. The normalized spacial score (nSPS) is 10.8. The van der Waals surface area contributed by atoms with Crippen LogP contribution in [0.25, 0.3) is 0 Å². The maximum atomic E-state index is 12.9. The van der Waals surface area contributed by atoms with Gasteiger partial charge in [-0.25, -0.2) is 0 Å². The van der Waals surface area contributed by atoms with Gasteiger partial charge in [0.2, 0.25) is 0 Å². The number of benzene rings is 2. The Morgan fingerprint density at radius 3 is 2.07 bits per heavy atom. The van der Waals surface area contributed by atoms with Gasteiger partial charge in [-0.15, -0.1) is 0 Å². The zero-order valence-electron chi connectivity index (χ0n) is 15.7. The van der Waals surface area contributed by atoms with E-state index >= 15 is 0 Å². The Bertz CT molecular complexity index is 1110. The molecule has 0 radical (unpaired) electrons. The van der Waals surface area contributed by atoms with Crippen LogP contribution in [0.2, 0.25) is 0 Å². The first-order valence-corrected chi connectivity index (χ1v) is 9.35. The molecule has 4 aromatic rings. The van der Waals surface area contributed by atoms with E-state index < -0.39 is 0 Å². The molecule has 0 bridgehead atoms. The van der Waals surface area contributed by atoms with Crippen LogP contribution >= 0.6 is 0 Å². The van der Waals surface area contributed by atoms with Gasteiger partial charge in [-0.3, -0.25) is 9.59 Å². The Kier molecular flexibility index (Phi) is 5.38. The lowest BCUT2D eigenvalue weighted by atomic mass is 9.98. The molecule has 0 saturated heterocycles. The van der Waals surface area contributed by atoms with Crippen molar-refractivity contribution in [1.82, 2.24) is 9.88 Å². The first-order chi connectivity index (χ1) is 14.2. The quantitative estimate of drug-likeness (QED) is 0.546. The molecule has 1 N–H and O–H groups in total. The van der Waals surface area contributed by atoms with E-state index in [9.17, 15) is 9.59 Å². The molecule has 5 nitrogen and oxygen atoms in total. The summed E-state index contributed by atoms with van der Waals surface area (Å²) in [5.41, 5.74) is 1.84. The number of nitrogens with one attached hydrogen (secondary N) is 1. The maximum absolute atomic E-state index is 12.9. The molecule has 1 amide bonds. The number of aromatic nitrogens is 1. The highest BCUT2D eigenvalue weighted by Crippen LogP contribution is 2.22. The van der Waals surface area contributed by atoms with Gasteiger partial charge in [0.1, 0.15) is 5.76 Å². The molecule has 2 heterocycles. The largest absolute Gasteiger partial charge is 0.454 e. The fourth-order valence-corrected chi connectivity index (χ4v) is 3.20. The molecule has 0 fully saturated rings. The van der Waals surface area contributed by atoms with E-state index in [0.29, 0.717) is 5.76 Å². The molecule has 0 aliphatic rings. The topological polar surface area (TPSA) is 64.2 Å². The molecule has 2 aromatic heterocycles. The van der Waals surface area contributed by atoms with Crippen LogP contribution in [0.5, 0.6) is 0 Å². The standard InChI is InChI=1S/C24H20N2O3/c27-22-13-7-8-16-26(22)17-20-14-15-21(29-20)24(28)25-23(18-9-3-1-4-10-18)19-11-5-2-6-12-19/h1-16,23H,17H2,(H,25,28). The molecule has 0 aliphatic carbocycles.